The Morgan fingerprint density at radius 2 is 1.65 bits per heavy atom. The molecule has 0 aromatic rings. The highest BCUT2D eigenvalue weighted by Gasteiger charge is 2.29. The van der Waals surface area contributed by atoms with Gasteiger partial charge in [-0.05, 0) is 33.0 Å². The summed E-state index contributed by atoms with van der Waals surface area (Å²) in [7, 11) is 3.81. The highest BCUT2D eigenvalue weighted by Crippen LogP contribution is 2.19. The van der Waals surface area contributed by atoms with Gasteiger partial charge in [0.2, 0.25) is 5.91 Å². The molecule has 1 amide bonds. The van der Waals surface area contributed by atoms with Gasteiger partial charge >= 0.3 is 0 Å². The molecule has 5 heteroatoms. The number of carbonyl (C=O) groups excluding carboxylic acids is 1. The van der Waals surface area contributed by atoms with Gasteiger partial charge in [-0.15, -0.1) is 0 Å². The second-order valence-electron chi connectivity index (χ2n) is 5.01. The number of hydroxylamine groups is 2. The summed E-state index contributed by atoms with van der Waals surface area (Å²) in [6.07, 6.45) is 2.03. The molecule has 0 aromatic carbocycles. The Morgan fingerprint density at radius 3 is 2.18 bits per heavy atom. The number of rotatable bonds is 2. The predicted octanol–water partition coefficient (Wildman–Crippen LogP) is 0.0338. The molecule has 0 saturated carbocycles. The summed E-state index contributed by atoms with van der Waals surface area (Å²) in [5.74, 6) is 0.606. The Labute approximate surface area is 103 Å². The summed E-state index contributed by atoms with van der Waals surface area (Å²) in [5.41, 5.74) is 0. The first-order chi connectivity index (χ1) is 8.20. The van der Waals surface area contributed by atoms with Crippen LogP contribution in [0.5, 0.6) is 0 Å². The maximum Gasteiger partial charge on any atom is 0.225 e. The molecule has 2 fully saturated rings. The van der Waals surface area contributed by atoms with Crippen LogP contribution in [0, 0.1) is 5.92 Å². The summed E-state index contributed by atoms with van der Waals surface area (Å²) in [6.45, 7) is 5.37. The first-order valence-corrected chi connectivity index (χ1v) is 6.47. The first-order valence-electron chi connectivity index (χ1n) is 6.47. The average molecular weight is 241 g/mol. The number of nitrogens with zero attached hydrogens (tertiary/aromatic N) is 3. The molecule has 0 aromatic heterocycles. The van der Waals surface area contributed by atoms with Crippen LogP contribution in [0.4, 0.5) is 0 Å². The van der Waals surface area contributed by atoms with Crippen LogP contribution >= 0.6 is 0 Å². The van der Waals surface area contributed by atoms with E-state index in [0.717, 1.165) is 52.1 Å². The number of hydrogen-bond donors (Lipinski definition) is 0. The van der Waals surface area contributed by atoms with E-state index in [1.54, 1.807) is 7.11 Å². The van der Waals surface area contributed by atoms with Crippen LogP contribution < -0.4 is 0 Å². The van der Waals surface area contributed by atoms with Crippen molar-refractivity contribution in [1.82, 2.24) is 14.9 Å². The fraction of sp³-hybridized carbons (Fsp3) is 0.917. The van der Waals surface area contributed by atoms with Crippen LogP contribution in [-0.4, -0.2) is 74.2 Å². The summed E-state index contributed by atoms with van der Waals surface area (Å²) >= 11 is 0. The third-order valence-corrected chi connectivity index (χ3v) is 3.88. The third kappa shape index (κ3) is 3.18. The number of hydrogen-bond acceptors (Lipinski definition) is 4. The van der Waals surface area contributed by atoms with Crippen molar-refractivity contribution in [2.24, 2.45) is 5.92 Å². The van der Waals surface area contributed by atoms with Crippen molar-refractivity contribution < 1.29 is 9.63 Å². The number of amides is 1. The van der Waals surface area contributed by atoms with E-state index < -0.39 is 0 Å². The van der Waals surface area contributed by atoms with Crippen molar-refractivity contribution >= 4 is 5.91 Å². The van der Waals surface area contributed by atoms with E-state index >= 15 is 0 Å². The summed E-state index contributed by atoms with van der Waals surface area (Å²) in [4.78, 5) is 21.8. The minimum atomic E-state index is 0.250. The molecule has 0 spiro atoms. The fourth-order valence-corrected chi connectivity index (χ4v) is 2.60. The number of carbonyl (C=O) groups is 1. The second kappa shape index (κ2) is 5.80. The smallest absolute Gasteiger partial charge is 0.225 e. The Bertz CT molecular complexity index is 256. The molecule has 2 rings (SSSR count). The fourth-order valence-electron chi connectivity index (χ4n) is 2.60. The zero-order chi connectivity index (χ0) is 12.3. The lowest BCUT2D eigenvalue weighted by atomic mass is 9.95. The van der Waals surface area contributed by atoms with Crippen molar-refractivity contribution in [3.05, 3.63) is 0 Å². The molecule has 0 radical (unpaired) electrons. The molecule has 17 heavy (non-hydrogen) atoms. The van der Waals surface area contributed by atoms with Gasteiger partial charge in [0.1, 0.15) is 0 Å². The van der Waals surface area contributed by atoms with Crippen LogP contribution in [0.15, 0.2) is 0 Å². The minimum absolute atomic E-state index is 0.250. The lowest BCUT2D eigenvalue weighted by Gasteiger charge is -2.37. The second-order valence-corrected chi connectivity index (χ2v) is 5.01. The first kappa shape index (κ1) is 12.8. The molecule has 0 aliphatic carbocycles. The van der Waals surface area contributed by atoms with E-state index in [0.29, 0.717) is 5.91 Å². The summed E-state index contributed by atoms with van der Waals surface area (Å²) in [6, 6.07) is 0. The standard InChI is InChI=1S/C12H23N3O2/c1-13-5-3-11(4-6-13)12(16)14-7-9-15(17-2)10-8-14/h11H,3-10H2,1-2H3. The van der Waals surface area contributed by atoms with E-state index in [1.165, 1.54) is 0 Å². The predicted molar refractivity (Wildman–Crippen MR) is 65.4 cm³/mol. The SMILES string of the molecule is CON1CCN(C(=O)C2CCN(C)CC2)CC1. The normalized spacial score (nSPS) is 25.2. The van der Waals surface area contributed by atoms with E-state index in [2.05, 4.69) is 11.9 Å². The molecule has 0 atom stereocenters. The lowest BCUT2D eigenvalue weighted by Crippen LogP contribution is -2.51. The molecule has 5 nitrogen and oxygen atoms in total. The molecule has 0 bridgehead atoms. The highest BCUT2D eigenvalue weighted by molar-refractivity contribution is 5.79. The van der Waals surface area contributed by atoms with Crippen LogP contribution in [0.2, 0.25) is 0 Å². The van der Waals surface area contributed by atoms with E-state index in [4.69, 9.17) is 4.84 Å². The van der Waals surface area contributed by atoms with Gasteiger partial charge in [0.25, 0.3) is 0 Å². The van der Waals surface area contributed by atoms with Gasteiger partial charge in [-0.1, -0.05) is 0 Å². The van der Waals surface area contributed by atoms with Crippen LogP contribution in [0.3, 0.4) is 0 Å². The lowest BCUT2D eigenvalue weighted by molar-refractivity contribution is -0.164. The maximum absolute atomic E-state index is 12.3. The van der Waals surface area contributed by atoms with Crippen molar-refractivity contribution in [2.75, 3.05) is 53.4 Å². The quantitative estimate of drug-likeness (QED) is 0.683. The highest BCUT2D eigenvalue weighted by atomic mass is 16.7. The van der Waals surface area contributed by atoms with Gasteiger partial charge in [0.15, 0.2) is 0 Å². The maximum atomic E-state index is 12.3. The third-order valence-electron chi connectivity index (χ3n) is 3.88. The molecular formula is C12H23N3O2. The molecule has 2 saturated heterocycles. The van der Waals surface area contributed by atoms with Crippen molar-refractivity contribution in [3.63, 3.8) is 0 Å². The van der Waals surface area contributed by atoms with Crippen LogP contribution in [-0.2, 0) is 9.63 Å². The average Bonchev–Trinajstić information content (AvgIpc) is 2.39. The van der Waals surface area contributed by atoms with Gasteiger partial charge in [-0.25, -0.2) is 0 Å². The molecule has 98 valence electrons. The number of piperidine rings is 1. The van der Waals surface area contributed by atoms with Gasteiger partial charge < -0.3 is 14.6 Å². The monoisotopic (exact) mass is 241 g/mol. The Hall–Kier alpha value is -0.650. The zero-order valence-electron chi connectivity index (χ0n) is 10.9. The Balaban J connectivity index is 1.80. The Kier molecular flexibility index (Phi) is 4.36. The molecular weight excluding hydrogens is 218 g/mol. The van der Waals surface area contributed by atoms with Crippen LogP contribution in [0.1, 0.15) is 12.8 Å². The van der Waals surface area contributed by atoms with Gasteiger partial charge in [0.05, 0.1) is 7.11 Å². The van der Waals surface area contributed by atoms with Crippen molar-refractivity contribution in [2.45, 2.75) is 12.8 Å². The summed E-state index contributed by atoms with van der Waals surface area (Å²) in [5, 5.41) is 1.92. The number of piperazine rings is 1. The molecule has 0 unspecified atom stereocenters. The summed E-state index contributed by atoms with van der Waals surface area (Å²) < 4.78 is 0. The molecule has 2 heterocycles. The van der Waals surface area contributed by atoms with E-state index in [-0.39, 0.29) is 5.92 Å². The Morgan fingerprint density at radius 1 is 1.06 bits per heavy atom. The van der Waals surface area contributed by atoms with Crippen LogP contribution in [0.25, 0.3) is 0 Å². The van der Waals surface area contributed by atoms with E-state index in [1.807, 2.05) is 9.96 Å². The zero-order valence-corrected chi connectivity index (χ0v) is 10.9. The van der Waals surface area contributed by atoms with Gasteiger partial charge in [0, 0.05) is 32.1 Å². The topological polar surface area (TPSA) is 36.0 Å². The van der Waals surface area contributed by atoms with E-state index in [9.17, 15) is 4.79 Å². The van der Waals surface area contributed by atoms with Gasteiger partial charge in [-0.3, -0.25) is 4.79 Å². The van der Waals surface area contributed by atoms with Gasteiger partial charge in [-0.2, -0.15) is 5.06 Å². The largest absolute Gasteiger partial charge is 0.340 e. The van der Waals surface area contributed by atoms with Crippen molar-refractivity contribution in [1.29, 1.82) is 0 Å². The molecule has 2 aliphatic heterocycles. The number of likely N-dealkylation sites (tertiary alicyclic amines) is 1. The molecule has 2 aliphatic rings. The molecule has 0 N–H and O–H groups in total. The minimum Gasteiger partial charge on any atom is -0.340 e. The van der Waals surface area contributed by atoms with Crippen molar-refractivity contribution in [3.8, 4) is 0 Å².